The van der Waals surface area contributed by atoms with Gasteiger partial charge in [0.15, 0.2) is 0 Å². The summed E-state index contributed by atoms with van der Waals surface area (Å²) in [5.74, 6) is -0.897. The quantitative estimate of drug-likeness (QED) is 0.171. The number of thiophene rings is 1. The van der Waals surface area contributed by atoms with E-state index in [0.717, 1.165) is 21.6 Å². The van der Waals surface area contributed by atoms with Crippen LogP contribution >= 0.6 is 23.1 Å². The Hall–Kier alpha value is -3.88. The Labute approximate surface area is 230 Å². The Bertz CT molecular complexity index is 1450. The molecule has 0 saturated heterocycles. The third kappa shape index (κ3) is 6.51. The van der Waals surface area contributed by atoms with Crippen LogP contribution in [0.5, 0.6) is 0 Å². The second-order valence-electron chi connectivity index (χ2n) is 8.49. The summed E-state index contributed by atoms with van der Waals surface area (Å²) in [4.78, 5) is 39.5. The summed E-state index contributed by atoms with van der Waals surface area (Å²) in [6.45, 7) is 5.68. The maximum atomic E-state index is 13.1. The first-order chi connectivity index (χ1) is 18.4. The lowest BCUT2D eigenvalue weighted by molar-refractivity contribution is -0.115. The van der Waals surface area contributed by atoms with Crippen LogP contribution in [-0.4, -0.2) is 29.6 Å². The van der Waals surface area contributed by atoms with Gasteiger partial charge < -0.3 is 15.4 Å². The zero-order valence-electron chi connectivity index (χ0n) is 21.3. The minimum Gasteiger partial charge on any atom is -0.462 e. The van der Waals surface area contributed by atoms with Crippen molar-refractivity contribution in [2.45, 2.75) is 30.9 Å². The second-order valence-corrected chi connectivity index (χ2v) is 10.8. The Morgan fingerprint density at radius 3 is 2.42 bits per heavy atom. The SMILES string of the molecule is CCOC(=O)c1c(-c2ccccc2)csc1NC(=O)C(C)Sc1cccc(NC(=O)c2ccccc2C)c1. The molecule has 1 unspecified atom stereocenters. The zero-order chi connectivity index (χ0) is 27.1. The van der Waals surface area contributed by atoms with Crippen molar-refractivity contribution in [1.82, 2.24) is 0 Å². The molecule has 0 fully saturated rings. The van der Waals surface area contributed by atoms with Crippen molar-refractivity contribution >= 4 is 51.6 Å². The molecule has 8 heteroatoms. The van der Waals surface area contributed by atoms with Gasteiger partial charge in [0.2, 0.25) is 5.91 Å². The van der Waals surface area contributed by atoms with Crippen LogP contribution in [0.3, 0.4) is 0 Å². The topological polar surface area (TPSA) is 84.5 Å². The van der Waals surface area contributed by atoms with Crippen molar-refractivity contribution in [1.29, 1.82) is 0 Å². The number of nitrogens with one attached hydrogen (secondary N) is 2. The van der Waals surface area contributed by atoms with Crippen molar-refractivity contribution in [2.24, 2.45) is 0 Å². The molecule has 1 atom stereocenters. The summed E-state index contributed by atoms with van der Waals surface area (Å²) in [5, 5.41) is 7.70. The van der Waals surface area contributed by atoms with Gasteiger partial charge in [0.05, 0.1) is 11.9 Å². The molecule has 0 aliphatic heterocycles. The van der Waals surface area contributed by atoms with Crippen LogP contribution in [0.2, 0.25) is 0 Å². The minimum atomic E-state index is -0.472. The van der Waals surface area contributed by atoms with E-state index < -0.39 is 11.2 Å². The molecule has 194 valence electrons. The first kappa shape index (κ1) is 27.2. The maximum absolute atomic E-state index is 13.1. The van der Waals surface area contributed by atoms with Crippen LogP contribution in [0.25, 0.3) is 11.1 Å². The van der Waals surface area contributed by atoms with Gasteiger partial charge >= 0.3 is 5.97 Å². The summed E-state index contributed by atoms with van der Waals surface area (Å²) in [6.07, 6.45) is 0. The van der Waals surface area contributed by atoms with Crippen molar-refractivity contribution in [2.75, 3.05) is 17.2 Å². The highest BCUT2D eigenvalue weighted by atomic mass is 32.2. The standard InChI is InChI=1S/C30H28N2O4S2/c1-4-36-30(35)26-25(21-12-6-5-7-13-21)18-37-29(26)32-27(33)20(3)38-23-15-10-14-22(17-23)31-28(34)24-16-9-8-11-19(24)2/h5-18,20H,4H2,1-3H3,(H,31,34)(H,32,33). The molecule has 0 radical (unpaired) electrons. The average Bonchev–Trinajstić information content (AvgIpc) is 3.33. The lowest BCUT2D eigenvalue weighted by Crippen LogP contribution is -2.23. The van der Waals surface area contributed by atoms with E-state index in [9.17, 15) is 14.4 Å². The van der Waals surface area contributed by atoms with Crippen molar-refractivity contribution < 1.29 is 19.1 Å². The summed E-state index contributed by atoms with van der Waals surface area (Å²) in [7, 11) is 0. The Morgan fingerprint density at radius 1 is 0.947 bits per heavy atom. The predicted octanol–water partition coefficient (Wildman–Crippen LogP) is 7.27. The van der Waals surface area contributed by atoms with Crippen LogP contribution < -0.4 is 10.6 Å². The number of benzene rings is 3. The molecule has 0 saturated carbocycles. The van der Waals surface area contributed by atoms with Gasteiger partial charge in [-0.25, -0.2) is 4.79 Å². The largest absolute Gasteiger partial charge is 0.462 e. The number of aryl methyl sites for hydroxylation is 1. The molecule has 2 N–H and O–H groups in total. The monoisotopic (exact) mass is 544 g/mol. The number of hydrogen-bond acceptors (Lipinski definition) is 6. The first-order valence-corrected chi connectivity index (χ1v) is 13.9. The van der Waals surface area contributed by atoms with Crippen LogP contribution in [0.1, 0.15) is 40.1 Å². The van der Waals surface area contributed by atoms with E-state index in [1.54, 1.807) is 19.9 Å². The third-order valence-electron chi connectivity index (χ3n) is 5.76. The average molecular weight is 545 g/mol. The van der Waals surface area contributed by atoms with Gasteiger partial charge in [0.1, 0.15) is 10.6 Å². The number of carbonyl (C=O) groups excluding carboxylic acids is 3. The molecule has 1 aromatic heterocycles. The number of esters is 1. The minimum absolute atomic E-state index is 0.186. The number of hydrogen-bond donors (Lipinski definition) is 2. The van der Waals surface area contributed by atoms with Crippen LogP contribution in [0.15, 0.2) is 89.1 Å². The van der Waals surface area contributed by atoms with Crippen molar-refractivity contribution in [3.8, 4) is 11.1 Å². The van der Waals surface area contributed by atoms with Gasteiger partial charge in [0, 0.05) is 27.1 Å². The molecule has 4 aromatic rings. The Balaban J connectivity index is 1.47. The van der Waals surface area contributed by atoms with E-state index >= 15 is 0 Å². The summed E-state index contributed by atoms with van der Waals surface area (Å²) < 4.78 is 5.29. The number of rotatable bonds is 9. The van der Waals surface area contributed by atoms with Gasteiger partial charge in [-0.2, -0.15) is 0 Å². The van der Waals surface area contributed by atoms with E-state index in [1.165, 1.54) is 23.1 Å². The Morgan fingerprint density at radius 2 is 1.68 bits per heavy atom. The van der Waals surface area contributed by atoms with Gasteiger partial charge in [-0.3, -0.25) is 9.59 Å². The summed E-state index contributed by atoms with van der Waals surface area (Å²) >= 11 is 2.66. The third-order valence-corrected chi connectivity index (χ3v) is 7.74. The molecule has 6 nitrogen and oxygen atoms in total. The molecule has 3 aromatic carbocycles. The zero-order valence-corrected chi connectivity index (χ0v) is 22.9. The fourth-order valence-corrected chi connectivity index (χ4v) is 5.72. The van der Waals surface area contributed by atoms with E-state index in [-0.39, 0.29) is 18.4 Å². The van der Waals surface area contributed by atoms with Crippen LogP contribution in [-0.2, 0) is 9.53 Å². The number of amides is 2. The molecular weight excluding hydrogens is 516 g/mol. The molecule has 4 rings (SSSR count). The number of thioether (sulfide) groups is 1. The molecule has 0 bridgehead atoms. The lowest BCUT2D eigenvalue weighted by atomic mass is 10.0. The first-order valence-electron chi connectivity index (χ1n) is 12.2. The molecule has 1 heterocycles. The molecule has 38 heavy (non-hydrogen) atoms. The highest BCUT2D eigenvalue weighted by Crippen LogP contribution is 2.37. The number of ether oxygens (including phenoxy) is 1. The number of carbonyl (C=O) groups is 3. The van der Waals surface area contributed by atoms with Gasteiger partial charge in [-0.1, -0.05) is 54.6 Å². The van der Waals surface area contributed by atoms with Gasteiger partial charge in [-0.05, 0) is 56.2 Å². The van der Waals surface area contributed by atoms with E-state index in [4.69, 9.17) is 4.74 Å². The normalized spacial score (nSPS) is 11.4. The van der Waals surface area contributed by atoms with Gasteiger partial charge in [-0.15, -0.1) is 23.1 Å². The fourth-order valence-electron chi connectivity index (χ4n) is 3.83. The highest BCUT2D eigenvalue weighted by molar-refractivity contribution is 8.00. The van der Waals surface area contributed by atoms with E-state index in [0.29, 0.717) is 21.8 Å². The van der Waals surface area contributed by atoms with E-state index in [1.807, 2.05) is 85.1 Å². The van der Waals surface area contributed by atoms with E-state index in [2.05, 4.69) is 10.6 Å². The highest BCUT2D eigenvalue weighted by Gasteiger charge is 2.24. The van der Waals surface area contributed by atoms with Crippen LogP contribution in [0.4, 0.5) is 10.7 Å². The second kappa shape index (κ2) is 12.6. The number of anilines is 2. The Kier molecular flexibility index (Phi) is 8.99. The van der Waals surface area contributed by atoms with Crippen molar-refractivity contribution in [3.05, 3.63) is 101 Å². The molecule has 0 aliphatic rings. The molecule has 0 aliphatic carbocycles. The lowest BCUT2D eigenvalue weighted by Gasteiger charge is -2.14. The predicted molar refractivity (Wildman–Crippen MR) is 155 cm³/mol. The fraction of sp³-hybridized carbons (Fsp3) is 0.167. The maximum Gasteiger partial charge on any atom is 0.341 e. The molecule has 2 amide bonds. The summed E-state index contributed by atoms with van der Waals surface area (Å²) in [6, 6.07) is 24.3. The summed E-state index contributed by atoms with van der Waals surface area (Å²) in [5.41, 5.74) is 4.11. The molecule has 0 spiro atoms. The van der Waals surface area contributed by atoms with Crippen molar-refractivity contribution in [3.63, 3.8) is 0 Å². The molecular formula is C30H28N2O4S2. The van der Waals surface area contributed by atoms with Crippen LogP contribution in [0, 0.1) is 6.92 Å². The smallest absolute Gasteiger partial charge is 0.341 e. The van der Waals surface area contributed by atoms with Gasteiger partial charge in [0.25, 0.3) is 5.91 Å².